The van der Waals surface area contributed by atoms with Crippen LogP contribution >= 0.6 is 0 Å². The van der Waals surface area contributed by atoms with Gasteiger partial charge in [0.25, 0.3) is 0 Å². The second kappa shape index (κ2) is 10.1. The summed E-state index contributed by atoms with van der Waals surface area (Å²) in [5.74, 6) is -0.767. The van der Waals surface area contributed by atoms with E-state index in [0.717, 1.165) is 24.0 Å². The lowest BCUT2D eigenvalue weighted by atomic mass is 9.51. The standard InChI is InChI=1S/C30H39NO4/c1-18-10-9-13-24-28(33)21(4)20(3)27-25(17-23-11-7-6-8-12-23)31-29(34)30(24,27)26(35-22(5)32)15-14-19(2)16-18/h6-9,11-15,18-20,24-28,33H,4,10,16-17H2,1-3,5H3,(H,31,34)/b13-9+,15-14+/t18?,19?,20-,24+,25+,26-,27+,28-,30-/m1/s1. The van der Waals surface area contributed by atoms with Gasteiger partial charge in [0, 0.05) is 24.8 Å². The number of ether oxygens (including phenoxy) is 1. The Morgan fingerprint density at radius 1 is 1.17 bits per heavy atom. The summed E-state index contributed by atoms with van der Waals surface area (Å²) >= 11 is 0. The van der Waals surface area contributed by atoms with Crippen molar-refractivity contribution in [1.82, 2.24) is 5.32 Å². The molecule has 0 radical (unpaired) electrons. The maximum Gasteiger partial charge on any atom is 0.303 e. The van der Waals surface area contributed by atoms with Crippen LogP contribution in [0.25, 0.3) is 0 Å². The molecule has 1 aromatic carbocycles. The fraction of sp³-hybridized carbons (Fsp3) is 0.533. The number of aliphatic hydroxyl groups excluding tert-OH is 1. The molecule has 5 nitrogen and oxygen atoms in total. The number of rotatable bonds is 3. The highest BCUT2D eigenvalue weighted by Gasteiger charge is 2.68. The predicted molar refractivity (Wildman–Crippen MR) is 137 cm³/mol. The molecule has 1 saturated heterocycles. The summed E-state index contributed by atoms with van der Waals surface area (Å²) in [5.41, 5.74) is 0.729. The maximum absolute atomic E-state index is 14.1. The van der Waals surface area contributed by atoms with Gasteiger partial charge in [0.1, 0.15) is 11.5 Å². The molecular formula is C30H39NO4. The molecule has 3 aliphatic rings. The van der Waals surface area contributed by atoms with Crippen molar-refractivity contribution in [2.75, 3.05) is 0 Å². The van der Waals surface area contributed by atoms with Crippen LogP contribution in [0.3, 0.4) is 0 Å². The lowest BCUT2D eigenvalue weighted by molar-refractivity contribution is -0.166. The number of esters is 1. The molecule has 1 heterocycles. The van der Waals surface area contributed by atoms with E-state index in [4.69, 9.17) is 4.74 Å². The molecule has 2 N–H and O–H groups in total. The SMILES string of the molecule is C=C1[C@@H](C)[C@H]2[C@H](Cc3ccccc3)NC(=O)[C@]23[C@H](OC(C)=O)/C=C/C(C)CC(C)C/C=C/[C@H]3[C@@H]1O. The number of hydrogen-bond acceptors (Lipinski definition) is 4. The topological polar surface area (TPSA) is 75.6 Å². The summed E-state index contributed by atoms with van der Waals surface area (Å²) in [6.07, 6.45) is 8.90. The molecule has 9 atom stereocenters. The summed E-state index contributed by atoms with van der Waals surface area (Å²) in [5, 5.41) is 14.8. The van der Waals surface area contributed by atoms with Gasteiger partial charge in [-0.2, -0.15) is 0 Å². The Morgan fingerprint density at radius 3 is 2.57 bits per heavy atom. The summed E-state index contributed by atoms with van der Waals surface area (Å²) in [6, 6.07) is 9.94. The predicted octanol–water partition coefficient (Wildman–Crippen LogP) is 4.62. The summed E-state index contributed by atoms with van der Waals surface area (Å²) < 4.78 is 5.95. The van der Waals surface area contributed by atoms with Gasteiger partial charge in [-0.05, 0) is 54.2 Å². The quantitative estimate of drug-likeness (QED) is 0.492. The molecule has 1 aromatic rings. The first-order valence-electron chi connectivity index (χ1n) is 12.9. The van der Waals surface area contributed by atoms with Crippen molar-refractivity contribution in [1.29, 1.82) is 0 Å². The van der Waals surface area contributed by atoms with E-state index in [1.54, 1.807) is 0 Å². The van der Waals surface area contributed by atoms with Crippen LogP contribution in [-0.4, -0.2) is 35.2 Å². The average molecular weight is 478 g/mol. The van der Waals surface area contributed by atoms with Gasteiger partial charge in [-0.3, -0.25) is 9.59 Å². The van der Waals surface area contributed by atoms with Gasteiger partial charge in [-0.25, -0.2) is 0 Å². The van der Waals surface area contributed by atoms with E-state index in [1.807, 2.05) is 37.3 Å². The molecule has 1 aliphatic heterocycles. The van der Waals surface area contributed by atoms with E-state index in [1.165, 1.54) is 6.92 Å². The lowest BCUT2D eigenvalue weighted by Gasteiger charge is -2.52. The third-order valence-corrected chi connectivity index (χ3v) is 8.42. The maximum atomic E-state index is 14.1. The van der Waals surface area contributed by atoms with Crippen molar-refractivity contribution in [3.05, 3.63) is 72.4 Å². The molecule has 2 aliphatic carbocycles. The zero-order chi connectivity index (χ0) is 25.3. The van der Waals surface area contributed by atoms with Crippen LogP contribution in [0.2, 0.25) is 0 Å². The van der Waals surface area contributed by atoms with Crippen molar-refractivity contribution in [2.24, 2.45) is 35.0 Å². The highest BCUT2D eigenvalue weighted by Crippen LogP contribution is 2.58. The largest absolute Gasteiger partial charge is 0.457 e. The molecule has 4 rings (SSSR count). The van der Waals surface area contributed by atoms with Crippen molar-refractivity contribution in [3.63, 3.8) is 0 Å². The Labute approximate surface area is 209 Å². The number of allylic oxidation sites excluding steroid dienone is 2. The van der Waals surface area contributed by atoms with E-state index in [0.29, 0.717) is 12.3 Å². The number of nitrogens with one attached hydrogen (secondary N) is 1. The van der Waals surface area contributed by atoms with Gasteiger partial charge in [0.15, 0.2) is 0 Å². The summed E-state index contributed by atoms with van der Waals surface area (Å²) in [6.45, 7) is 12.1. The summed E-state index contributed by atoms with van der Waals surface area (Å²) in [4.78, 5) is 26.5. The molecule has 0 bridgehead atoms. The first-order valence-corrected chi connectivity index (χ1v) is 12.9. The van der Waals surface area contributed by atoms with Crippen LogP contribution in [0.5, 0.6) is 0 Å². The Bertz CT molecular complexity index is 1010. The molecule has 35 heavy (non-hydrogen) atoms. The molecule has 0 aromatic heterocycles. The molecular weight excluding hydrogens is 438 g/mol. The van der Waals surface area contributed by atoms with Crippen molar-refractivity contribution in [2.45, 2.75) is 65.2 Å². The first-order chi connectivity index (χ1) is 16.7. The molecule has 1 spiro atoms. The lowest BCUT2D eigenvalue weighted by Crippen LogP contribution is -2.60. The Morgan fingerprint density at radius 2 is 1.89 bits per heavy atom. The smallest absolute Gasteiger partial charge is 0.303 e. The zero-order valence-electron chi connectivity index (χ0n) is 21.3. The third kappa shape index (κ3) is 4.63. The van der Waals surface area contributed by atoms with Gasteiger partial charge in [0.05, 0.1) is 6.10 Å². The number of amides is 1. The van der Waals surface area contributed by atoms with Gasteiger partial charge >= 0.3 is 5.97 Å². The number of benzene rings is 1. The Kier molecular flexibility index (Phi) is 7.37. The highest BCUT2D eigenvalue weighted by molar-refractivity contribution is 5.89. The van der Waals surface area contributed by atoms with Crippen LogP contribution in [0.4, 0.5) is 0 Å². The van der Waals surface area contributed by atoms with Crippen LogP contribution < -0.4 is 5.32 Å². The Hall–Kier alpha value is -2.66. The highest BCUT2D eigenvalue weighted by atomic mass is 16.5. The van der Waals surface area contributed by atoms with Gasteiger partial charge in [0.2, 0.25) is 5.91 Å². The van der Waals surface area contributed by atoms with E-state index >= 15 is 0 Å². The minimum Gasteiger partial charge on any atom is -0.457 e. The summed E-state index contributed by atoms with van der Waals surface area (Å²) in [7, 11) is 0. The number of hydrogen-bond donors (Lipinski definition) is 2. The number of carbonyl (C=O) groups excluding carboxylic acids is 2. The molecule has 2 unspecified atom stereocenters. The third-order valence-electron chi connectivity index (χ3n) is 8.42. The molecule has 188 valence electrons. The number of carbonyl (C=O) groups is 2. The van der Waals surface area contributed by atoms with Crippen LogP contribution in [0, 0.1) is 35.0 Å². The first kappa shape index (κ1) is 25.4. The zero-order valence-corrected chi connectivity index (χ0v) is 21.3. The second-order valence-electron chi connectivity index (χ2n) is 11.0. The van der Waals surface area contributed by atoms with E-state index < -0.39 is 29.5 Å². The fourth-order valence-electron chi connectivity index (χ4n) is 6.85. The van der Waals surface area contributed by atoms with Crippen molar-refractivity contribution < 1.29 is 19.4 Å². The minimum absolute atomic E-state index is 0.143. The fourth-order valence-corrected chi connectivity index (χ4v) is 6.85. The van der Waals surface area contributed by atoms with Crippen molar-refractivity contribution >= 4 is 11.9 Å². The molecule has 2 fully saturated rings. The van der Waals surface area contributed by atoms with E-state index in [9.17, 15) is 14.7 Å². The van der Waals surface area contributed by atoms with Crippen LogP contribution in [0.1, 0.15) is 46.1 Å². The minimum atomic E-state index is -1.13. The van der Waals surface area contributed by atoms with Crippen molar-refractivity contribution in [3.8, 4) is 0 Å². The van der Waals surface area contributed by atoms with E-state index in [2.05, 4.69) is 50.0 Å². The van der Waals surface area contributed by atoms with Gasteiger partial charge < -0.3 is 15.2 Å². The average Bonchev–Trinajstić information content (AvgIpc) is 3.08. The molecule has 1 saturated carbocycles. The number of aliphatic hydroxyl groups is 1. The Balaban J connectivity index is 1.90. The van der Waals surface area contributed by atoms with Gasteiger partial charge in [-0.1, -0.05) is 75.9 Å². The normalized spacial score (nSPS) is 41.1. The van der Waals surface area contributed by atoms with Crippen LogP contribution in [-0.2, 0) is 20.7 Å². The molecule has 1 amide bonds. The van der Waals surface area contributed by atoms with Gasteiger partial charge in [-0.15, -0.1) is 0 Å². The van der Waals surface area contributed by atoms with Crippen LogP contribution in [0.15, 0.2) is 66.8 Å². The molecule has 5 heteroatoms. The monoisotopic (exact) mass is 477 g/mol. The second-order valence-corrected chi connectivity index (χ2v) is 11.0. The van der Waals surface area contributed by atoms with E-state index in [-0.39, 0.29) is 29.7 Å².